The minimum absolute atomic E-state index is 0.0361. The van der Waals surface area contributed by atoms with Gasteiger partial charge in [0.2, 0.25) is 0 Å². The van der Waals surface area contributed by atoms with Crippen LogP contribution < -0.4 is 10.6 Å². The third-order valence-electron chi connectivity index (χ3n) is 4.08. The Bertz CT molecular complexity index is 427. The van der Waals surface area contributed by atoms with Gasteiger partial charge in [0.25, 0.3) is 5.91 Å². The Hall–Kier alpha value is -1.51. The average molecular weight is 260 g/mol. The van der Waals surface area contributed by atoms with E-state index in [1.807, 2.05) is 24.3 Å². The van der Waals surface area contributed by atoms with Crippen molar-refractivity contribution in [3.05, 3.63) is 29.8 Å². The van der Waals surface area contributed by atoms with E-state index in [9.17, 15) is 4.79 Å². The summed E-state index contributed by atoms with van der Waals surface area (Å²) >= 11 is 0. The molecule has 0 bridgehead atoms. The Kier molecular flexibility index (Phi) is 4.13. The van der Waals surface area contributed by atoms with E-state index in [2.05, 4.69) is 24.5 Å². The predicted molar refractivity (Wildman–Crippen MR) is 79.5 cm³/mol. The van der Waals surface area contributed by atoms with Crippen molar-refractivity contribution in [2.75, 3.05) is 12.4 Å². The van der Waals surface area contributed by atoms with Crippen LogP contribution in [0.4, 0.5) is 5.69 Å². The van der Waals surface area contributed by atoms with Gasteiger partial charge in [-0.15, -0.1) is 0 Å². The first kappa shape index (κ1) is 13.9. The standard InChI is InChI=1S/C16H24N2O/c1-16(2)10-8-14(9-11-16)18-13-6-4-12(5-7-13)15(19)17-3/h4-7,14,18H,8-11H2,1-3H3,(H,17,19). The number of benzene rings is 1. The molecule has 1 aromatic carbocycles. The van der Waals surface area contributed by atoms with Crippen molar-refractivity contribution in [3.8, 4) is 0 Å². The Morgan fingerprint density at radius 1 is 1.16 bits per heavy atom. The van der Waals surface area contributed by atoms with Crippen molar-refractivity contribution in [2.24, 2.45) is 5.41 Å². The van der Waals surface area contributed by atoms with Crippen LogP contribution in [0.3, 0.4) is 0 Å². The van der Waals surface area contributed by atoms with E-state index in [1.165, 1.54) is 25.7 Å². The second kappa shape index (κ2) is 5.64. The van der Waals surface area contributed by atoms with Crippen LogP contribution in [-0.2, 0) is 0 Å². The summed E-state index contributed by atoms with van der Waals surface area (Å²) in [5.41, 5.74) is 2.32. The highest BCUT2D eigenvalue weighted by molar-refractivity contribution is 5.94. The Morgan fingerprint density at radius 2 is 1.74 bits per heavy atom. The summed E-state index contributed by atoms with van der Waals surface area (Å²) in [5.74, 6) is -0.0361. The molecule has 3 nitrogen and oxygen atoms in total. The molecule has 1 aliphatic carbocycles. The topological polar surface area (TPSA) is 41.1 Å². The first-order valence-corrected chi connectivity index (χ1v) is 7.09. The second-order valence-electron chi connectivity index (χ2n) is 6.24. The molecule has 1 aromatic rings. The Labute approximate surface area is 115 Å². The van der Waals surface area contributed by atoms with Gasteiger partial charge in [-0.2, -0.15) is 0 Å². The lowest BCUT2D eigenvalue weighted by atomic mass is 9.75. The largest absolute Gasteiger partial charge is 0.382 e. The van der Waals surface area contributed by atoms with E-state index in [0.717, 1.165) is 5.69 Å². The molecular formula is C16H24N2O. The van der Waals surface area contributed by atoms with Crippen LogP contribution >= 0.6 is 0 Å². The molecule has 0 aromatic heterocycles. The lowest BCUT2D eigenvalue weighted by Gasteiger charge is -2.35. The lowest BCUT2D eigenvalue weighted by Crippen LogP contribution is -2.29. The Morgan fingerprint density at radius 3 is 2.26 bits per heavy atom. The maximum Gasteiger partial charge on any atom is 0.251 e. The molecule has 0 radical (unpaired) electrons. The van der Waals surface area contributed by atoms with Crippen LogP contribution in [0, 0.1) is 5.41 Å². The maximum atomic E-state index is 11.5. The zero-order chi connectivity index (χ0) is 13.9. The van der Waals surface area contributed by atoms with Crippen LogP contribution in [0.15, 0.2) is 24.3 Å². The van der Waals surface area contributed by atoms with Crippen molar-refractivity contribution in [2.45, 2.75) is 45.6 Å². The molecule has 3 heteroatoms. The molecular weight excluding hydrogens is 236 g/mol. The van der Waals surface area contributed by atoms with E-state index in [-0.39, 0.29) is 5.91 Å². The number of carbonyl (C=O) groups excluding carboxylic acids is 1. The summed E-state index contributed by atoms with van der Waals surface area (Å²) in [6.07, 6.45) is 5.01. The fourth-order valence-corrected chi connectivity index (χ4v) is 2.64. The van der Waals surface area contributed by atoms with Crippen LogP contribution in [0.2, 0.25) is 0 Å². The molecule has 0 spiro atoms. The number of hydrogen-bond donors (Lipinski definition) is 2. The number of rotatable bonds is 3. The van der Waals surface area contributed by atoms with Crippen LogP contribution in [0.1, 0.15) is 49.9 Å². The predicted octanol–water partition coefficient (Wildman–Crippen LogP) is 3.43. The smallest absolute Gasteiger partial charge is 0.251 e. The van der Waals surface area contributed by atoms with Gasteiger partial charge in [-0.3, -0.25) is 4.79 Å². The first-order chi connectivity index (χ1) is 9.00. The van der Waals surface area contributed by atoms with Crippen LogP contribution in [-0.4, -0.2) is 19.0 Å². The number of hydrogen-bond acceptors (Lipinski definition) is 2. The summed E-state index contributed by atoms with van der Waals surface area (Å²) in [6, 6.07) is 8.29. The summed E-state index contributed by atoms with van der Waals surface area (Å²) in [4.78, 5) is 11.5. The highest BCUT2D eigenvalue weighted by Gasteiger charge is 2.26. The van der Waals surface area contributed by atoms with Gasteiger partial charge in [0.1, 0.15) is 0 Å². The van der Waals surface area contributed by atoms with E-state index in [0.29, 0.717) is 17.0 Å². The van der Waals surface area contributed by atoms with Crippen molar-refractivity contribution in [1.29, 1.82) is 0 Å². The van der Waals surface area contributed by atoms with E-state index < -0.39 is 0 Å². The molecule has 0 aliphatic heterocycles. The van der Waals surface area contributed by atoms with Gasteiger partial charge in [0.05, 0.1) is 0 Å². The minimum atomic E-state index is -0.0361. The zero-order valence-corrected chi connectivity index (χ0v) is 12.1. The third kappa shape index (κ3) is 3.72. The first-order valence-electron chi connectivity index (χ1n) is 7.09. The van der Waals surface area contributed by atoms with Gasteiger partial charge < -0.3 is 10.6 Å². The molecule has 0 unspecified atom stereocenters. The summed E-state index contributed by atoms with van der Waals surface area (Å²) in [7, 11) is 1.65. The van der Waals surface area contributed by atoms with E-state index >= 15 is 0 Å². The highest BCUT2D eigenvalue weighted by Crippen LogP contribution is 2.36. The average Bonchev–Trinajstić information content (AvgIpc) is 2.41. The Balaban J connectivity index is 1.92. The molecule has 1 aliphatic rings. The molecule has 1 saturated carbocycles. The number of anilines is 1. The van der Waals surface area contributed by atoms with Crippen LogP contribution in [0.25, 0.3) is 0 Å². The molecule has 19 heavy (non-hydrogen) atoms. The van der Waals surface area contributed by atoms with Crippen molar-refractivity contribution >= 4 is 11.6 Å². The zero-order valence-electron chi connectivity index (χ0n) is 12.1. The van der Waals surface area contributed by atoms with Gasteiger partial charge in [-0.25, -0.2) is 0 Å². The van der Waals surface area contributed by atoms with Gasteiger partial charge >= 0.3 is 0 Å². The van der Waals surface area contributed by atoms with Crippen molar-refractivity contribution < 1.29 is 4.79 Å². The molecule has 0 atom stereocenters. The van der Waals surface area contributed by atoms with E-state index in [1.54, 1.807) is 7.05 Å². The second-order valence-corrected chi connectivity index (χ2v) is 6.24. The number of nitrogens with one attached hydrogen (secondary N) is 2. The lowest BCUT2D eigenvalue weighted by molar-refractivity contribution is 0.0963. The minimum Gasteiger partial charge on any atom is -0.382 e. The monoisotopic (exact) mass is 260 g/mol. The van der Waals surface area contributed by atoms with Crippen molar-refractivity contribution in [3.63, 3.8) is 0 Å². The normalized spacial score (nSPS) is 18.9. The highest BCUT2D eigenvalue weighted by atomic mass is 16.1. The number of carbonyl (C=O) groups is 1. The molecule has 2 N–H and O–H groups in total. The fourth-order valence-electron chi connectivity index (χ4n) is 2.64. The van der Waals surface area contributed by atoms with Gasteiger partial charge in [0, 0.05) is 24.3 Å². The fraction of sp³-hybridized carbons (Fsp3) is 0.562. The van der Waals surface area contributed by atoms with Gasteiger partial charge in [-0.1, -0.05) is 13.8 Å². The molecule has 2 rings (SSSR count). The summed E-state index contributed by atoms with van der Waals surface area (Å²) in [6.45, 7) is 4.70. The third-order valence-corrected chi connectivity index (χ3v) is 4.08. The molecule has 0 saturated heterocycles. The molecule has 1 amide bonds. The quantitative estimate of drug-likeness (QED) is 0.874. The van der Waals surface area contributed by atoms with Gasteiger partial charge in [0.15, 0.2) is 0 Å². The molecule has 104 valence electrons. The van der Waals surface area contributed by atoms with Gasteiger partial charge in [-0.05, 0) is 55.4 Å². The maximum absolute atomic E-state index is 11.5. The number of amides is 1. The SMILES string of the molecule is CNC(=O)c1ccc(NC2CCC(C)(C)CC2)cc1. The molecule has 0 heterocycles. The summed E-state index contributed by atoms with van der Waals surface area (Å²) < 4.78 is 0. The van der Waals surface area contributed by atoms with E-state index in [4.69, 9.17) is 0 Å². The summed E-state index contributed by atoms with van der Waals surface area (Å²) in [5, 5.41) is 6.20. The molecule has 1 fully saturated rings. The van der Waals surface area contributed by atoms with Crippen LogP contribution in [0.5, 0.6) is 0 Å². The van der Waals surface area contributed by atoms with Crippen molar-refractivity contribution in [1.82, 2.24) is 5.32 Å².